The fraction of sp³-hybridized carbons (Fsp3) is 0.400. The van der Waals surface area contributed by atoms with Crippen molar-refractivity contribution in [3.63, 3.8) is 0 Å². The molecule has 3 nitrogen and oxygen atoms in total. The molecule has 2 heterocycles. The molecule has 0 N–H and O–H groups in total. The maximum atomic E-state index is 6.08. The van der Waals surface area contributed by atoms with Crippen LogP contribution in [0.3, 0.4) is 0 Å². The molecule has 0 spiro atoms. The average Bonchev–Trinajstić information content (AvgIpc) is 2.94. The third kappa shape index (κ3) is 2.40. The minimum Gasteiger partial charge on any atom is -0.380 e. The highest BCUT2D eigenvalue weighted by atomic mass is 35.5. The molecule has 1 aliphatic rings. The number of para-hydroxylation sites is 1. The second-order valence-electron chi connectivity index (χ2n) is 4.89. The number of halogens is 1. The Bertz CT molecular complexity index is 587. The molecular formula is C15H17ClN2O. The summed E-state index contributed by atoms with van der Waals surface area (Å²) >= 11 is 6.08. The molecule has 1 aromatic heterocycles. The third-order valence-corrected chi connectivity index (χ3v) is 3.99. The number of alkyl halides is 1. The molecule has 0 bridgehead atoms. The maximum absolute atomic E-state index is 6.08. The third-order valence-electron chi connectivity index (χ3n) is 3.70. The number of anilines is 1. The molecule has 1 aliphatic heterocycles. The Morgan fingerprint density at radius 2 is 2.26 bits per heavy atom. The number of pyridine rings is 1. The van der Waals surface area contributed by atoms with E-state index in [1.54, 1.807) is 7.11 Å². The number of nitrogens with zero attached hydrogens (tertiary/aromatic N) is 2. The summed E-state index contributed by atoms with van der Waals surface area (Å²) in [5.74, 6) is 1.50. The highest BCUT2D eigenvalue weighted by Gasteiger charge is 2.25. The summed E-state index contributed by atoms with van der Waals surface area (Å²) in [7, 11) is 1.77. The fourth-order valence-electron chi connectivity index (χ4n) is 2.63. The maximum Gasteiger partial charge on any atom is 0.133 e. The highest BCUT2D eigenvalue weighted by molar-refractivity contribution is 6.17. The molecule has 1 aromatic carbocycles. The van der Waals surface area contributed by atoms with Crippen molar-refractivity contribution in [3.05, 3.63) is 35.9 Å². The number of methoxy groups -OCH3 is 1. The van der Waals surface area contributed by atoms with Crippen molar-refractivity contribution < 1.29 is 4.74 Å². The van der Waals surface area contributed by atoms with Crippen LogP contribution in [0.5, 0.6) is 0 Å². The Morgan fingerprint density at radius 3 is 3.00 bits per heavy atom. The molecule has 1 saturated heterocycles. The molecule has 3 rings (SSSR count). The number of rotatable bonds is 3. The number of benzene rings is 1. The molecule has 0 amide bonds. The Hall–Kier alpha value is -1.32. The van der Waals surface area contributed by atoms with E-state index in [1.807, 2.05) is 18.2 Å². The Kier molecular flexibility index (Phi) is 3.58. The van der Waals surface area contributed by atoms with Crippen molar-refractivity contribution in [2.75, 3.05) is 25.1 Å². The molecule has 1 unspecified atom stereocenters. The first-order chi connectivity index (χ1) is 9.31. The van der Waals surface area contributed by atoms with E-state index in [-0.39, 0.29) is 0 Å². The van der Waals surface area contributed by atoms with Crippen LogP contribution >= 0.6 is 11.6 Å². The summed E-state index contributed by atoms with van der Waals surface area (Å²) in [6.07, 6.45) is 1.35. The van der Waals surface area contributed by atoms with E-state index in [4.69, 9.17) is 21.3 Å². The molecule has 1 atom stereocenters. The Morgan fingerprint density at radius 1 is 1.42 bits per heavy atom. The van der Waals surface area contributed by atoms with E-state index in [1.165, 1.54) is 0 Å². The van der Waals surface area contributed by atoms with Crippen LogP contribution in [0, 0.1) is 0 Å². The zero-order chi connectivity index (χ0) is 13.2. The van der Waals surface area contributed by atoms with Crippen molar-refractivity contribution in [3.8, 4) is 0 Å². The molecule has 1 fully saturated rings. The summed E-state index contributed by atoms with van der Waals surface area (Å²) in [5.41, 5.74) is 2.12. The predicted molar refractivity (Wildman–Crippen MR) is 78.9 cm³/mol. The summed E-state index contributed by atoms with van der Waals surface area (Å²) in [4.78, 5) is 7.06. The van der Waals surface area contributed by atoms with Crippen LogP contribution in [-0.4, -0.2) is 31.3 Å². The first-order valence-corrected chi connectivity index (χ1v) is 7.07. The monoisotopic (exact) mass is 276 g/mol. The SMILES string of the molecule is COC1CCN(c2nc3ccccc3cc2CCl)C1. The standard InChI is InChI=1S/C15H17ClN2O/c1-19-13-6-7-18(10-13)15-12(9-16)8-11-4-2-3-5-14(11)17-15/h2-5,8,13H,6-7,9-10H2,1H3. The average molecular weight is 277 g/mol. The normalized spacial score (nSPS) is 19.3. The van der Waals surface area contributed by atoms with Gasteiger partial charge in [-0.3, -0.25) is 0 Å². The minimum atomic E-state index is 0.302. The van der Waals surface area contributed by atoms with Crippen molar-refractivity contribution >= 4 is 28.3 Å². The number of fused-ring (bicyclic) bond motifs is 1. The largest absolute Gasteiger partial charge is 0.380 e. The highest BCUT2D eigenvalue weighted by Crippen LogP contribution is 2.28. The lowest BCUT2D eigenvalue weighted by atomic mass is 10.1. The molecule has 4 heteroatoms. The van der Waals surface area contributed by atoms with Crippen LogP contribution in [0.15, 0.2) is 30.3 Å². The summed E-state index contributed by atoms with van der Waals surface area (Å²) in [6, 6.07) is 10.3. The lowest BCUT2D eigenvalue weighted by Crippen LogP contribution is -2.24. The van der Waals surface area contributed by atoms with Gasteiger partial charge in [-0.25, -0.2) is 4.98 Å². The number of ether oxygens (including phenoxy) is 1. The van der Waals surface area contributed by atoms with Gasteiger partial charge < -0.3 is 9.64 Å². The second-order valence-corrected chi connectivity index (χ2v) is 5.16. The topological polar surface area (TPSA) is 25.4 Å². The smallest absolute Gasteiger partial charge is 0.133 e. The van der Waals surface area contributed by atoms with Crippen LogP contribution in [0.2, 0.25) is 0 Å². The van der Waals surface area contributed by atoms with E-state index in [0.717, 1.165) is 41.8 Å². The molecular weight excluding hydrogens is 260 g/mol. The van der Waals surface area contributed by atoms with E-state index < -0.39 is 0 Å². The van der Waals surface area contributed by atoms with Gasteiger partial charge in [0.2, 0.25) is 0 Å². The van der Waals surface area contributed by atoms with Gasteiger partial charge in [0.05, 0.1) is 17.5 Å². The van der Waals surface area contributed by atoms with Crippen molar-refractivity contribution in [2.24, 2.45) is 0 Å². The molecule has 0 radical (unpaired) electrons. The summed E-state index contributed by atoms with van der Waals surface area (Å²) in [5, 5.41) is 1.14. The van der Waals surface area contributed by atoms with Crippen LogP contribution in [0.25, 0.3) is 10.9 Å². The van der Waals surface area contributed by atoms with Gasteiger partial charge in [0, 0.05) is 31.1 Å². The zero-order valence-electron chi connectivity index (χ0n) is 11.0. The summed E-state index contributed by atoms with van der Waals surface area (Å²) in [6.45, 7) is 1.87. The molecule has 100 valence electrons. The predicted octanol–water partition coefficient (Wildman–Crippen LogP) is 3.20. The van der Waals surface area contributed by atoms with Gasteiger partial charge in [0.25, 0.3) is 0 Å². The van der Waals surface area contributed by atoms with Gasteiger partial charge in [-0.05, 0) is 18.6 Å². The van der Waals surface area contributed by atoms with Gasteiger partial charge in [0.1, 0.15) is 5.82 Å². The van der Waals surface area contributed by atoms with E-state index >= 15 is 0 Å². The summed E-state index contributed by atoms with van der Waals surface area (Å²) < 4.78 is 5.42. The van der Waals surface area contributed by atoms with Crippen LogP contribution in [0.4, 0.5) is 5.82 Å². The quantitative estimate of drug-likeness (QED) is 0.805. The molecule has 2 aromatic rings. The van der Waals surface area contributed by atoms with E-state index in [0.29, 0.717) is 12.0 Å². The first kappa shape index (κ1) is 12.7. The van der Waals surface area contributed by atoms with E-state index in [2.05, 4.69) is 17.0 Å². The van der Waals surface area contributed by atoms with Crippen molar-refractivity contribution in [1.29, 1.82) is 0 Å². The van der Waals surface area contributed by atoms with Gasteiger partial charge >= 0.3 is 0 Å². The van der Waals surface area contributed by atoms with Crippen LogP contribution < -0.4 is 4.90 Å². The number of aromatic nitrogens is 1. The van der Waals surface area contributed by atoms with Crippen LogP contribution in [0.1, 0.15) is 12.0 Å². The molecule has 19 heavy (non-hydrogen) atoms. The van der Waals surface area contributed by atoms with Gasteiger partial charge in [0.15, 0.2) is 0 Å². The minimum absolute atomic E-state index is 0.302. The second kappa shape index (κ2) is 5.35. The molecule has 0 saturated carbocycles. The van der Waals surface area contributed by atoms with Gasteiger partial charge in [-0.1, -0.05) is 18.2 Å². The van der Waals surface area contributed by atoms with Gasteiger partial charge in [-0.15, -0.1) is 11.6 Å². The molecule has 0 aliphatic carbocycles. The lowest BCUT2D eigenvalue weighted by molar-refractivity contribution is 0.121. The lowest BCUT2D eigenvalue weighted by Gasteiger charge is -2.20. The van der Waals surface area contributed by atoms with Crippen molar-refractivity contribution in [1.82, 2.24) is 4.98 Å². The van der Waals surface area contributed by atoms with Crippen LogP contribution in [-0.2, 0) is 10.6 Å². The number of hydrogen-bond acceptors (Lipinski definition) is 3. The Labute approximate surface area is 118 Å². The first-order valence-electron chi connectivity index (χ1n) is 6.54. The van der Waals surface area contributed by atoms with E-state index in [9.17, 15) is 0 Å². The van der Waals surface area contributed by atoms with Gasteiger partial charge in [-0.2, -0.15) is 0 Å². The zero-order valence-corrected chi connectivity index (χ0v) is 11.7. The number of hydrogen-bond donors (Lipinski definition) is 0. The Balaban J connectivity index is 2.02. The fourth-order valence-corrected chi connectivity index (χ4v) is 2.83. The van der Waals surface area contributed by atoms with Crippen molar-refractivity contribution in [2.45, 2.75) is 18.4 Å².